The molecular formula is C13H16N2S. The number of aromatic amines is 1. The quantitative estimate of drug-likeness (QED) is 0.800. The van der Waals surface area contributed by atoms with Crippen molar-refractivity contribution in [2.45, 2.75) is 20.3 Å². The Labute approximate surface area is 101 Å². The fourth-order valence-electron chi connectivity index (χ4n) is 1.76. The largest absolute Gasteiger partial charge is 0.297 e. The van der Waals surface area contributed by atoms with Crippen molar-refractivity contribution in [3.05, 3.63) is 46.7 Å². The Morgan fingerprint density at radius 2 is 1.94 bits per heavy atom. The summed E-state index contributed by atoms with van der Waals surface area (Å²) in [6, 6.07) is 12.2. The molecule has 0 atom stereocenters. The molecule has 1 aromatic heterocycles. The van der Waals surface area contributed by atoms with Crippen molar-refractivity contribution in [2.24, 2.45) is 5.92 Å². The van der Waals surface area contributed by atoms with Crippen LogP contribution < -0.4 is 0 Å². The van der Waals surface area contributed by atoms with Crippen molar-refractivity contribution in [2.75, 3.05) is 0 Å². The van der Waals surface area contributed by atoms with Crippen LogP contribution in [0, 0.1) is 10.6 Å². The van der Waals surface area contributed by atoms with E-state index in [9.17, 15) is 0 Å². The summed E-state index contributed by atoms with van der Waals surface area (Å²) in [4.78, 5) is 0. The van der Waals surface area contributed by atoms with E-state index in [-0.39, 0.29) is 0 Å². The second kappa shape index (κ2) is 4.66. The Balaban J connectivity index is 2.36. The molecule has 0 aliphatic rings. The highest BCUT2D eigenvalue weighted by Gasteiger charge is 2.03. The fourth-order valence-corrected chi connectivity index (χ4v) is 2.05. The van der Waals surface area contributed by atoms with Gasteiger partial charge in [0.2, 0.25) is 0 Å². The topological polar surface area (TPSA) is 20.7 Å². The van der Waals surface area contributed by atoms with Gasteiger partial charge in [-0.05, 0) is 30.5 Å². The van der Waals surface area contributed by atoms with E-state index < -0.39 is 0 Å². The lowest BCUT2D eigenvalue weighted by Gasteiger charge is -2.03. The molecule has 1 N–H and O–H groups in total. The summed E-state index contributed by atoms with van der Waals surface area (Å²) in [5.74, 6) is 0.636. The molecule has 1 aromatic carbocycles. The molecule has 0 unspecified atom stereocenters. The number of hydrogen-bond donors (Lipinski definition) is 1. The maximum absolute atomic E-state index is 5.34. The molecule has 0 amide bonds. The van der Waals surface area contributed by atoms with E-state index in [2.05, 4.69) is 18.9 Å². The average Bonchev–Trinajstić information content (AvgIpc) is 2.60. The predicted octanol–water partition coefficient (Wildman–Crippen LogP) is 3.73. The molecule has 1 heterocycles. The van der Waals surface area contributed by atoms with E-state index in [0.717, 1.165) is 16.7 Å². The number of nitrogens with zero attached hydrogens (tertiary/aromatic N) is 1. The predicted molar refractivity (Wildman–Crippen MR) is 69.5 cm³/mol. The van der Waals surface area contributed by atoms with Gasteiger partial charge in [0, 0.05) is 5.69 Å². The molecule has 2 aromatic rings. The van der Waals surface area contributed by atoms with Crippen LogP contribution >= 0.6 is 12.2 Å². The second-order valence-electron chi connectivity index (χ2n) is 4.39. The van der Waals surface area contributed by atoms with Crippen molar-refractivity contribution in [3.8, 4) is 5.69 Å². The Morgan fingerprint density at radius 3 is 2.56 bits per heavy atom. The Hall–Kier alpha value is -1.35. The zero-order valence-electron chi connectivity index (χ0n) is 9.60. The second-order valence-corrected chi connectivity index (χ2v) is 4.81. The molecule has 0 spiro atoms. The minimum absolute atomic E-state index is 0.636. The molecule has 2 nitrogen and oxygen atoms in total. The summed E-state index contributed by atoms with van der Waals surface area (Å²) in [6.45, 7) is 4.41. The molecule has 3 heteroatoms. The zero-order chi connectivity index (χ0) is 11.5. The first kappa shape index (κ1) is 11.1. The highest BCUT2D eigenvalue weighted by Crippen LogP contribution is 2.11. The summed E-state index contributed by atoms with van der Waals surface area (Å²) in [6.07, 6.45) is 1.03. The maximum atomic E-state index is 5.34. The minimum Gasteiger partial charge on any atom is -0.297 e. The van der Waals surface area contributed by atoms with Gasteiger partial charge in [-0.15, -0.1) is 0 Å². The normalized spacial score (nSPS) is 10.9. The average molecular weight is 232 g/mol. The van der Waals surface area contributed by atoms with E-state index in [1.807, 2.05) is 41.1 Å². The van der Waals surface area contributed by atoms with Crippen LogP contribution in [0.25, 0.3) is 5.69 Å². The zero-order valence-corrected chi connectivity index (χ0v) is 10.4. The van der Waals surface area contributed by atoms with Crippen LogP contribution in [0.3, 0.4) is 0 Å². The van der Waals surface area contributed by atoms with Crippen LogP contribution in [-0.2, 0) is 6.42 Å². The van der Waals surface area contributed by atoms with Gasteiger partial charge in [0.25, 0.3) is 0 Å². The lowest BCUT2D eigenvalue weighted by atomic mass is 10.1. The van der Waals surface area contributed by atoms with Crippen molar-refractivity contribution in [3.63, 3.8) is 0 Å². The molecule has 0 aliphatic heterocycles. The van der Waals surface area contributed by atoms with Gasteiger partial charge in [-0.2, -0.15) is 0 Å². The summed E-state index contributed by atoms with van der Waals surface area (Å²) in [5.41, 5.74) is 2.28. The summed E-state index contributed by atoms with van der Waals surface area (Å²) in [7, 11) is 0. The Kier molecular flexibility index (Phi) is 3.25. The highest BCUT2D eigenvalue weighted by atomic mass is 32.1. The van der Waals surface area contributed by atoms with Gasteiger partial charge < -0.3 is 0 Å². The van der Waals surface area contributed by atoms with Crippen LogP contribution in [0.4, 0.5) is 0 Å². The minimum atomic E-state index is 0.636. The van der Waals surface area contributed by atoms with E-state index in [1.54, 1.807) is 0 Å². The molecule has 0 fully saturated rings. The number of benzene rings is 1. The van der Waals surface area contributed by atoms with Crippen molar-refractivity contribution < 1.29 is 0 Å². The van der Waals surface area contributed by atoms with Crippen molar-refractivity contribution >= 4 is 12.2 Å². The number of H-pyrrole nitrogens is 1. The van der Waals surface area contributed by atoms with Crippen molar-refractivity contribution in [1.29, 1.82) is 0 Å². The third-order valence-corrected chi connectivity index (χ3v) is 2.72. The van der Waals surface area contributed by atoms with Gasteiger partial charge in [0.05, 0.1) is 5.69 Å². The first-order valence-corrected chi connectivity index (χ1v) is 5.94. The molecule has 84 valence electrons. The lowest BCUT2D eigenvalue weighted by Crippen LogP contribution is -1.99. The number of hydrogen-bond acceptors (Lipinski definition) is 1. The molecule has 0 aliphatic carbocycles. The van der Waals surface area contributed by atoms with Gasteiger partial charge in [-0.1, -0.05) is 44.3 Å². The molecule has 0 saturated carbocycles. The van der Waals surface area contributed by atoms with Gasteiger partial charge >= 0.3 is 0 Å². The standard InChI is InChI=1S/C13H16N2S/c1-10(2)8-11-9-13(16)15(14-11)12-6-4-3-5-7-12/h3-7,9-10,14H,8H2,1-2H3. The Bertz CT molecular complexity index is 508. The summed E-state index contributed by atoms with van der Waals surface area (Å²) >= 11 is 5.34. The summed E-state index contributed by atoms with van der Waals surface area (Å²) < 4.78 is 2.79. The van der Waals surface area contributed by atoms with E-state index in [4.69, 9.17) is 12.2 Å². The Morgan fingerprint density at radius 1 is 1.25 bits per heavy atom. The molecule has 0 saturated heterocycles. The van der Waals surface area contributed by atoms with Crippen LogP contribution in [-0.4, -0.2) is 9.78 Å². The smallest absolute Gasteiger partial charge is 0.127 e. The van der Waals surface area contributed by atoms with Crippen LogP contribution in [0.5, 0.6) is 0 Å². The maximum Gasteiger partial charge on any atom is 0.127 e. The van der Waals surface area contributed by atoms with E-state index in [1.165, 1.54) is 5.69 Å². The highest BCUT2D eigenvalue weighted by molar-refractivity contribution is 7.71. The SMILES string of the molecule is CC(C)Cc1cc(=S)n(-c2ccccc2)[nH]1. The number of rotatable bonds is 3. The van der Waals surface area contributed by atoms with E-state index >= 15 is 0 Å². The lowest BCUT2D eigenvalue weighted by molar-refractivity contribution is 0.628. The van der Waals surface area contributed by atoms with Gasteiger partial charge in [-0.25, -0.2) is 4.68 Å². The molecule has 2 rings (SSSR count). The van der Waals surface area contributed by atoms with Crippen LogP contribution in [0.1, 0.15) is 19.5 Å². The van der Waals surface area contributed by atoms with E-state index in [0.29, 0.717) is 5.92 Å². The first-order chi connectivity index (χ1) is 7.66. The fraction of sp³-hybridized carbons (Fsp3) is 0.308. The van der Waals surface area contributed by atoms with Gasteiger partial charge in [0.1, 0.15) is 4.64 Å². The van der Waals surface area contributed by atoms with Crippen LogP contribution in [0.2, 0.25) is 0 Å². The number of aromatic nitrogens is 2. The number of para-hydroxylation sites is 1. The monoisotopic (exact) mass is 232 g/mol. The van der Waals surface area contributed by atoms with Crippen molar-refractivity contribution in [1.82, 2.24) is 9.78 Å². The molecule has 0 radical (unpaired) electrons. The van der Waals surface area contributed by atoms with Crippen LogP contribution in [0.15, 0.2) is 36.4 Å². The molecular weight excluding hydrogens is 216 g/mol. The number of nitrogens with one attached hydrogen (secondary N) is 1. The molecule has 0 bridgehead atoms. The molecule has 16 heavy (non-hydrogen) atoms. The third-order valence-electron chi connectivity index (χ3n) is 2.42. The third kappa shape index (κ3) is 2.42. The summed E-state index contributed by atoms with van der Waals surface area (Å²) in [5, 5.41) is 3.34. The van der Waals surface area contributed by atoms with Gasteiger partial charge in [0.15, 0.2) is 0 Å². The first-order valence-electron chi connectivity index (χ1n) is 5.53. The van der Waals surface area contributed by atoms with Gasteiger partial charge in [-0.3, -0.25) is 5.10 Å².